The summed E-state index contributed by atoms with van der Waals surface area (Å²) in [5.74, 6) is -0.190. The fourth-order valence-corrected chi connectivity index (χ4v) is 2.76. The molecule has 2 rings (SSSR count). The summed E-state index contributed by atoms with van der Waals surface area (Å²) >= 11 is 1.21. The molecular weight excluding hydrogens is 280 g/mol. The van der Waals surface area contributed by atoms with Crippen molar-refractivity contribution in [1.82, 2.24) is 31.1 Å². The summed E-state index contributed by atoms with van der Waals surface area (Å²) in [5.41, 5.74) is 4.91. The van der Waals surface area contributed by atoms with Crippen LogP contribution in [0.1, 0.15) is 32.1 Å². The van der Waals surface area contributed by atoms with E-state index in [9.17, 15) is 9.59 Å². The number of tetrazole rings is 1. The number of nitrogens with zero attached hydrogens (tertiary/aromatic N) is 4. The summed E-state index contributed by atoms with van der Waals surface area (Å²) in [6, 6.07) is 0. The molecule has 1 saturated carbocycles. The maximum absolute atomic E-state index is 11.8. The molecule has 0 aromatic carbocycles. The maximum Gasteiger partial charge on any atom is 0.248 e. The van der Waals surface area contributed by atoms with Crippen molar-refractivity contribution in [2.24, 2.45) is 13.0 Å². The van der Waals surface area contributed by atoms with Gasteiger partial charge in [0.25, 0.3) is 0 Å². The van der Waals surface area contributed by atoms with Gasteiger partial charge in [-0.05, 0) is 23.3 Å². The van der Waals surface area contributed by atoms with Gasteiger partial charge in [0, 0.05) is 13.0 Å². The van der Waals surface area contributed by atoms with E-state index >= 15 is 0 Å². The molecule has 0 atom stereocenters. The molecule has 1 aromatic heterocycles. The van der Waals surface area contributed by atoms with Crippen LogP contribution < -0.4 is 10.9 Å². The first-order chi connectivity index (χ1) is 9.66. The topological polar surface area (TPSA) is 102 Å². The highest BCUT2D eigenvalue weighted by atomic mass is 32.2. The molecule has 20 heavy (non-hydrogen) atoms. The molecule has 1 aliphatic rings. The SMILES string of the molecule is Cn1nnnc1SCC(=O)NNC(=O)C1CCCCC1. The molecule has 1 aliphatic carbocycles. The summed E-state index contributed by atoms with van der Waals surface area (Å²) < 4.78 is 1.48. The zero-order chi connectivity index (χ0) is 14.4. The average molecular weight is 298 g/mol. The number of hydrogen-bond acceptors (Lipinski definition) is 6. The van der Waals surface area contributed by atoms with Gasteiger partial charge in [-0.1, -0.05) is 31.0 Å². The lowest BCUT2D eigenvalue weighted by atomic mass is 9.89. The van der Waals surface area contributed by atoms with Gasteiger partial charge in [-0.25, -0.2) is 4.68 Å². The van der Waals surface area contributed by atoms with Crippen LogP contribution >= 0.6 is 11.8 Å². The van der Waals surface area contributed by atoms with E-state index in [1.165, 1.54) is 22.9 Å². The lowest BCUT2D eigenvalue weighted by Crippen LogP contribution is -2.45. The highest BCUT2D eigenvalue weighted by molar-refractivity contribution is 7.99. The van der Waals surface area contributed by atoms with Gasteiger partial charge >= 0.3 is 0 Å². The van der Waals surface area contributed by atoms with Crippen LogP contribution in [-0.2, 0) is 16.6 Å². The largest absolute Gasteiger partial charge is 0.273 e. The van der Waals surface area contributed by atoms with E-state index < -0.39 is 0 Å². The van der Waals surface area contributed by atoms with Crippen LogP contribution in [0, 0.1) is 5.92 Å². The van der Waals surface area contributed by atoms with Crippen molar-refractivity contribution < 1.29 is 9.59 Å². The van der Waals surface area contributed by atoms with Crippen molar-refractivity contribution in [3.63, 3.8) is 0 Å². The van der Waals surface area contributed by atoms with Gasteiger partial charge in [0.15, 0.2) is 0 Å². The van der Waals surface area contributed by atoms with E-state index in [1.807, 2.05) is 0 Å². The number of hydrogen-bond donors (Lipinski definition) is 2. The van der Waals surface area contributed by atoms with Crippen LogP contribution in [0.5, 0.6) is 0 Å². The number of carbonyl (C=O) groups excluding carboxylic acids is 2. The fraction of sp³-hybridized carbons (Fsp3) is 0.727. The van der Waals surface area contributed by atoms with Crippen molar-refractivity contribution in [2.75, 3.05) is 5.75 Å². The van der Waals surface area contributed by atoms with Crippen LogP contribution in [0.3, 0.4) is 0 Å². The molecule has 0 aliphatic heterocycles. The minimum absolute atomic E-state index is 0.0274. The maximum atomic E-state index is 11.8. The van der Waals surface area contributed by atoms with Crippen LogP contribution in [0.4, 0.5) is 0 Å². The third-order valence-corrected chi connectivity index (χ3v) is 4.23. The Hall–Kier alpha value is -1.64. The van der Waals surface area contributed by atoms with Gasteiger partial charge in [0.1, 0.15) is 0 Å². The molecule has 1 aromatic rings. The number of aromatic nitrogens is 4. The second kappa shape index (κ2) is 7.22. The molecule has 2 amide bonds. The minimum Gasteiger partial charge on any atom is -0.273 e. The zero-order valence-electron chi connectivity index (χ0n) is 11.3. The first-order valence-electron chi connectivity index (χ1n) is 6.60. The van der Waals surface area contributed by atoms with E-state index in [1.54, 1.807) is 7.05 Å². The monoisotopic (exact) mass is 298 g/mol. The molecule has 0 saturated heterocycles. The molecule has 0 bridgehead atoms. The summed E-state index contributed by atoms with van der Waals surface area (Å²) in [4.78, 5) is 23.4. The molecule has 1 heterocycles. The minimum atomic E-state index is -0.276. The summed E-state index contributed by atoms with van der Waals surface area (Å²) in [6.45, 7) is 0. The molecule has 0 radical (unpaired) electrons. The molecule has 9 heteroatoms. The van der Waals surface area contributed by atoms with E-state index in [0.717, 1.165) is 25.7 Å². The Morgan fingerprint density at radius 1 is 1.30 bits per heavy atom. The van der Waals surface area contributed by atoms with Crippen molar-refractivity contribution >= 4 is 23.6 Å². The predicted octanol–water partition coefficient (Wildman–Crippen LogP) is 0.0299. The van der Waals surface area contributed by atoms with Crippen LogP contribution in [0.15, 0.2) is 5.16 Å². The van der Waals surface area contributed by atoms with Gasteiger partial charge in [-0.2, -0.15) is 0 Å². The number of thioether (sulfide) groups is 1. The van der Waals surface area contributed by atoms with E-state index in [-0.39, 0.29) is 23.5 Å². The lowest BCUT2D eigenvalue weighted by Gasteiger charge is -2.20. The molecule has 1 fully saturated rings. The summed E-state index contributed by atoms with van der Waals surface area (Å²) in [6.07, 6.45) is 5.17. The number of rotatable bonds is 4. The first kappa shape index (κ1) is 14.8. The smallest absolute Gasteiger partial charge is 0.248 e. The number of carbonyl (C=O) groups is 2. The highest BCUT2D eigenvalue weighted by Gasteiger charge is 2.21. The second-order valence-corrected chi connectivity index (χ2v) is 5.69. The Morgan fingerprint density at radius 3 is 2.70 bits per heavy atom. The zero-order valence-corrected chi connectivity index (χ0v) is 12.2. The highest BCUT2D eigenvalue weighted by Crippen LogP contribution is 2.23. The Balaban J connectivity index is 1.67. The van der Waals surface area contributed by atoms with Crippen LogP contribution in [0.2, 0.25) is 0 Å². The van der Waals surface area contributed by atoms with Crippen LogP contribution in [0.25, 0.3) is 0 Å². The molecule has 110 valence electrons. The van der Waals surface area contributed by atoms with E-state index in [2.05, 4.69) is 26.4 Å². The average Bonchev–Trinajstić information content (AvgIpc) is 2.89. The third-order valence-electron chi connectivity index (χ3n) is 3.21. The normalized spacial score (nSPS) is 15.8. The second-order valence-electron chi connectivity index (χ2n) is 4.75. The lowest BCUT2D eigenvalue weighted by molar-refractivity contribution is -0.131. The first-order valence-corrected chi connectivity index (χ1v) is 7.59. The Bertz CT molecular complexity index is 471. The third kappa shape index (κ3) is 4.19. The van der Waals surface area contributed by atoms with Crippen molar-refractivity contribution in [3.8, 4) is 0 Å². The number of aryl methyl sites for hydroxylation is 1. The Labute approximate surface area is 121 Å². The van der Waals surface area contributed by atoms with Gasteiger partial charge in [0.05, 0.1) is 5.75 Å². The molecule has 0 spiro atoms. The quantitative estimate of drug-likeness (QED) is 0.600. The van der Waals surface area contributed by atoms with Crippen LogP contribution in [-0.4, -0.2) is 37.8 Å². The molecule has 0 unspecified atom stereocenters. The molecule has 2 N–H and O–H groups in total. The number of hydrazine groups is 1. The van der Waals surface area contributed by atoms with E-state index in [0.29, 0.717) is 5.16 Å². The van der Waals surface area contributed by atoms with Gasteiger partial charge < -0.3 is 0 Å². The van der Waals surface area contributed by atoms with Crippen molar-refractivity contribution in [1.29, 1.82) is 0 Å². The fourth-order valence-electron chi connectivity index (χ4n) is 2.11. The molecule has 8 nitrogen and oxygen atoms in total. The molecular formula is C11H18N6O2S. The van der Waals surface area contributed by atoms with Gasteiger partial charge in [-0.15, -0.1) is 5.10 Å². The predicted molar refractivity (Wildman–Crippen MR) is 72.4 cm³/mol. The van der Waals surface area contributed by atoms with Gasteiger partial charge in [-0.3, -0.25) is 20.4 Å². The number of nitrogens with one attached hydrogen (secondary N) is 2. The Kier molecular flexibility index (Phi) is 5.33. The number of amides is 2. The van der Waals surface area contributed by atoms with Crippen molar-refractivity contribution in [3.05, 3.63) is 0 Å². The summed E-state index contributed by atoms with van der Waals surface area (Å²) in [5, 5.41) is 11.4. The Morgan fingerprint density at radius 2 is 2.05 bits per heavy atom. The van der Waals surface area contributed by atoms with Gasteiger partial charge in [0.2, 0.25) is 17.0 Å². The summed E-state index contributed by atoms with van der Waals surface area (Å²) in [7, 11) is 1.70. The van der Waals surface area contributed by atoms with E-state index in [4.69, 9.17) is 0 Å². The standard InChI is InChI=1S/C11H18N6O2S/c1-17-11(14-15-16-17)20-7-9(18)12-13-10(19)8-5-3-2-4-6-8/h8H,2-7H2,1H3,(H,12,18)(H,13,19). The van der Waals surface area contributed by atoms with Crippen molar-refractivity contribution in [2.45, 2.75) is 37.3 Å².